The Balaban J connectivity index is 1.98. The second-order valence-electron chi connectivity index (χ2n) is 4.98. The smallest absolute Gasteiger partial charge is 0.268 e. The molecule has 2 aromatic rings. The molecule has 3 rings (SSSR count). The van der Waals surface area contributed by atoms with Gasteiger partial charge in [-0.1, -0.05) is 19.1 Å². The summed E-state index contributed by atoms with van der Waals surface area (Å²) in [4.78, 5) is 15.0. The molecule has 2 heterocycles. The molecule has 1 N–H and O–H groups in total. The van der Waals surface area contributed by atoms with E-state index in [1.165, 1.54) is 11.3 Å². The lowest BCUT2D eigenvalue weighted by Gasteiger charge is -2.17. The Morgan fingerprint density at radius 3 is 2.86 bits per heavy atom. The molecule has 0 unspecified atom stereocenters. The van der Waals surface area contributed by atoms with Crippen molar-refractivity contribution in [1.82, 2.24) is 4.72 Å². The van der Waals surface area contributed by atoms with Crippen molar-refractivity contribution in [3.63, 3.8) is 0 Å². The zero-order chi connectivity index (χ0) is 15.7. The molecule has 1 aliphatic rings. The number of fused-ring (bicyclic) bond motifs is 1. The molecule has 22 heavy (non-hydrogen) atoms. The van der Waals surface area contributed by atoms with Gasteiger partial charge < -0.3 is 4.90 Å². The van der Waals surface area contributed by atoms with E-state index < -0.39 is 10.0 Å². The van der Waals surface area contributed by atoms with Crippen molar-refractivity contribution in [3.8, 4) is 0 Å². The third-order valence-corrected chi connectivity index (χ3v) is 5.98. The maximum atomic E-state index is 12.5. The minimum atomic E-state index is -3.52. The summed E-state index contributed by atoms with van der Waals surface area (Å²) in [7, 11) is -3.52. The molecule has 0 spiro atoms. The maximum Gasteiger partial charge on any atom is 0.268 e. The van der Waals surface area contributed by atoms with Crippen LogP contribution in [0.25, 0.3) is 0 Å². The summed E-state index contributed by atoms with van der Waals surface area (Å²) in [6, 6.07) is 8.59. The molecule has 0 fully saturated rings. The van der Waals surface area contributed by atoms with E-state index in [4.69, 9.17) is 0 Å². The third kappa shape index (κ3) is 2.67. The average molecular weight is 336 g/mol. The Morgan fingerprint density at radius 1 is 1.36 bits per heavy atom. The Labute approximate surface area is 133 Å². The lowest BCUT2D eigenvalue weighted by atomic mass is 10.2. The van der Waals surface area contributed by atoms with Gasteiger partial charge in [-0.15, -0.1) is 11.3 Å². The quantitative estimate of drug-likeness (QED) is 0.931. The molecule has 0 radical (unpaired) electrons. The van der Waals surface area contributed by atoms with Gasteiger partial charge in [-0.25, -0.2) is 13.1 Å². The number of hydrogen-bond donors (Lipinski definition) is 1. The van der Waals surface area contributed by atoms with Gasteiger partial charge in [-0.3, -0.25) is 4.79 Å². The molecule has 0 bridgehead atoms. The van der Waals surface area contributed by atoms with Crippen LogP contribution in [0.5, 0.6) is 0 Å². The van der Waals surface area contributed by atoms with Crippen molar-refractivity contribution in [2.24, 2.45) is 0 Å². The lowest BCUT2D eigenvalue weighted by Crippen LogP contribution is -2.28. The molecular formula is C15H16N2O3S2. The van der Waals surface area contributed by atoms with Gasteiger partial charge in [0.1, 0.15) is 0 Å². The number of thiophene rings is 1. The van der Waals surface area contributed by atoms with E-state index in [1.54, 1.807) is 36.1 Å². The van der Waals surface area contributed by atoms with Gasteiger partial charge >= 0.3 is 0 Å². The number of carbonyl (C=O) groups is 1. The SMILES string of the molecule is CCNS(=O)(=O)c1ccc2c(c1)N(C(=O)c1cccs1)CC2. The maximum absolute atomic E-state index is 12.5. The number of nitrogens with zero attached hydrogens (tertiary/aromatic N) is 1. The number of benzene rings is 1. The molecule has 1 aromatic carbocycles. The van der Waals surface area contributed by atoms with Gasteiger partial charge in [0.15, 0.2) is 0 Å². The number of anilines is 1. The molecule has 0 saturated heterocycles. The highest BCUT2D eigenvalue weighted by molar-refractivity contribution is 7.89. The fourth-order valence-corrected chi connectivity index (χ4v) is 4.28. The van der Waals surface area contributed by atoms with Crippen molar-refractivity contribution >= 4 is 33.0 Å². The van der Waals surface area contributed by atoms with Crippen LogP contribution in [0.4, 0.5) is 5.69 Å². The van der Waals surface area contributed by atoms with E-state index in [9.17, 15) is 13.2 Å². The first-order valence-corrected chi connectivity index (χ1v) is 9.37. The minimum absolute atomic E-state index is 0.0771. The van der Waals surface area contributed by atoms with Crippen molar-refractivity contribution in [2.45, 2.75) is 18.2 Å². The van der Waals surface area contributed by atoms with Crippen LogP contribution in [0.3, 0.4) is 0 Å². The molecule has 7 heteroatoms. The summed E-state index contributed by atoms with van der Waals surface area (Å²) in [6.45, 7) is 2.64. The lowest BCUT2D eigenvalue weighted by molar-refractivity contribution is 0.0993. The fraction of sp³-hybridized carbons (Fsp3) is 0.267. The van der Waals surface area contributed by atoms with Gasteiger partial charge in [0.05, 0.1) is 9.77 Å². The Hall–Kier alpha value is -1.70. The summed E-state index contributed by atoms with van der Waals surface area (Å²) in [5, 5.41) is 1.86. The van der Waals surface area contributed by atoms with Crippen molar-refractivity contribution < 1.29 is 13.2 Å². The van der Waals surface area contributed by atoms with E-state index in [0.29, 0.717) is 23.7 Å². The highest BCUT2D eigenvalue weighted by Gasteiger charge is 2.27. The first-order valence-electron chi connectivity index (χ1n) is 7.01. The van der Waals surface area contributed by atoms with Crippen LogP contribution in [0, 0.1) is 0 Å². The summed E-state index contributed by atoms with van der Waals surface area (Å²) < 4.78 is 26.7. The van der Waals surface area contributed by atoms with Crippen molar-refractivity contribution in [2.75, 3.05) is 18.0 Å². The van der Waals surface area contributed by atoms with Crippen LogP contribution in [-0.2, 0) is 16.4 Å². The molecule has 5 nitrogen and oxygen atoms in total. The molecule has 1 aliphatic heterocycles. The Bertz CT molecular complexity index is 798. The fourth-order valence-electron chi connectivity index (χ4n) is 2.54. The van der Waals surface area contributed by atoms with Crippen LogP contribution in [0.15, 0.2) is 40.6 Å². The molecular weight excluding hydrogens is 320 g/mol. The summed E-state index contributed by atoms with van der Waals surface area (Å²) >= 11 is 1.39. The van der Waals surface area contributed by atoms with Crippen LogP contribution >= 0.6 is 11.3 Å². The molecule has 0 saturated carbocycles. The van der Waals surface area contributed by atoms with Crippen LogP contribution in [-0.4, -0.2) is 27.4 Å². The summed E-state index contributed by atoms with van der Waals surface area (Å²) in [6.07, 6.45) is 0.744. The number of nitrogens with one attached hydrogen (secondary N) is 1. The van der Waals surface area contributed by atoms with Gasteiger partial charge in [0, 0.05) is 18.8 Å². The topological polar surface area (TPSA) is 66.5 Å². The van der Waals surface area contributed by atoms with Crippen LogP contribution in [0.1, 0.15) is 22.2 Å². The standard InChI is InChI=1S/C15H16N2O3S2/c1-2-16-22(19,20)12-6-5-11-7-8-17(13(11)10-12)15(18)14-4-3-9-21-14/h3-6,9-10,16H,2,7-8H2,1H3. The zero-order valence-corrected chi connectivity index (χ0v) is 13.7. The summed E-state index contributed by atoms with van der Waals surface area (Å²) in [5.74, 6) is -0.0771. The van der Waals surface area contributed by atoms with E-state index in [0.717, 1.165) is 12.0 Å². The largest absolute Gasteiger partial charge is 0.307 e. The highest BCUT2D eigenvalue weighted by atomic mass is 32.2. The monoisotopic (exact) mass is 336 g/mol. The van der Waals surface area contributed by atoms with E-state index >= 15 is 0 Å². The number of hydrogen-bond acceptors (Lipinski definition) is 4. The van der Waals surface area contributed by atoms with Gasteiger partial charge in [0.25, 0.3) is 5.91 Å². The zero-order valence-electron chi connectivity index (χ0n) is 12.1. The van der Waals surface area contributed by atoms with Gasteiger partial charge in [-0.2, -0.15) is 0 Å². The molecule has 0 aliphatic carbocycles. The third-order valence-electron chi connectivity index (χ3n) is 3.57. The number of rotatable bonds is 4. The first-order chi connectivity index (χ1) is 10.5. The number of sulfonamides is 1. The van der Waals surface area contributed by atoms with Gasteiger partial charge in [0.2, 0.25) is 10.0 Å². The van der Waals surface area contributed by atoms with Crippen LogP contribution < -0.4 is 9.62 Å². The molecule has 1 amide bonds. The second-order valence-corrected chi connectivity index (χ2v) is 7.69. The van der Waals surface area contributed by atoms with Crippen LogP contribution in [0.2, 0.25) is 0 Å². The molecule has 1 aromatic heterocycles. The Kier molecular flexibility index (Phi) is 4.03. The summed E-state index contributed by atoms with van der Waals surface area (Å²) in [5.41, 5.74) is 1.69. The highest BCUT2D eigenvalue weighted by Crippen LogP contribution is 2.32. The second kappa shape index (κ2) is 5.83. The van der Waals surface area contributed by atoms with E-state index in [2.05, 4.69) is 4.72 Å². The van der Waals surface area contributed by atoms with Crippen molar-refractivity contribution in [3.05, 3.63) is 46.2 Å². The van der Waals surface area contributed by atoms with E-state index in [-0.39, 0.29) is 10.8 Å². The predicted molar refractivity (Wildman–Crippen MR) is 87.0 cm³/mol. The first kappa shape index (κ1) is 15.2. The average Bonchev–Trinajstić information content (AvgIpc) is 3.15. The number of carbonyl (C=O) groups excluding carboxylic acids is 1. The minimum Gasteiger partial charge on any atom is -0.307 e. The predicted octanol–water partition coefficient (Wildman–Crippen LogP) is 2.25. The van der Waals surface area contributed by atoms with Crippen molar-refractivity contribution in [1.29, 1.82) is 0 Å². The number of amides is 1. The Morgan fingerprint density at radius 2 is 2.18 bits per heavy atom. The van der Waals surface area contributed by atoms with Gasteiger partial charge in [-0.05, 0) is 35.6 Å². The van der Waals surface area contributed by atoms with E-state index in [1.807, 2.05) is 11.4 Å². The normalized spacial score (nSPS) is 14.1. The molecule has 116 valence electrons. The molecule has 0 atom stereocenters.